The van der Waals surface area contributed by atoms with E-state index in [1.54, 1.807) is 6.20 Å². The Kier molecular flexibility index (Phi) is 3.75. The van der Waals surface area contributed by atoms with Crippen molar-refractivity contribution in [1.82, 2.24) is 15.2 Å². The number of thioether (sulfide) groups is 1. The minimum atomic E-state index is 0.117. The number of rotatable bonds is 3. The van der Waals surface area contributed by atoms with Gasteiger partial charge in [-0.25, -0.2) is 0 Å². The molecule has 19 heavy (non-hydrogen) atoms. The molecule has 2 fully saturated rings. The van der Waals surface area contributed by atoms with Gasteiger partial charge in [-0.05, 0) is 23.8 Å². The van der Waals surface area contributed by atoms with Gasteiger partial charge in [0.1, 0.15) is 0 Å². The molecule has 2 saturated heterocycles. The van der Waals surface area contributed by atoms with Crippen molar-refractivity contribution < 1.29 is 4.79 Å². The maximum Gasteiger partial charge on any atom is 0.224 e. The number of nitrogens with zero attached hydrogens (tertiary/aromatic N) is 2. The van der Waals surface area contributed by atoms with Crippen LogP contribution in [0.2, 0.25) is 0 Å². The zero-order valence-corrected chi connectivity index (χ0v) is 11.9. The van der Waals surface area contributed by atoms with Crippen LogP contribution in [0.15, 0.2) is 24.5 Å². The van der Waals surface area contributed by atoms with E-state index in [9.17, 15) is 4.79 Å². The molecule has 3 atom stereocenters. The molecule has 3 rings (SSSR count). The number of carbonyl (C=O) groups is 1. The Bertz CT molecular complexity index is 447. The fourth-order valence-electron chi connectivity index (χ4n) is 2.99. The molecule has 5 heteroatoms. The summed E-state index contributed by atoms with van der Waals surface area (Å²) in [5, 5.41) is 3.68. The molecule has 0 radical (unpaired) electrons. The predicted octanol–water partition coefficient (Wildman–Crippen LogP) is 1.45. The van der Waals surface area contributed by atoms with Crippen LogP contribution in [-0.2, 0) is 4.79 Å². The van der Waals surface area contributed by atoms with Gasteiger partial charge in [-0.1, -0.05) is 6.07 Å². The van der Waals surface area contributed by atoms with Crippen LogP contribution in [0.25, 0.3) is 0 Å². The van der Waals surface area contributed by atoms with E-state index in [0.29, 0.717) is 12.5 Å². The highest BCUT2D eigenvalue weighted by molar-refractivity contribution is 7.99. The highest BCUT2D eigenvalue weighted by atomic mass is 32.2. The summed E-state index contributed by atoms with van der Waals surface area (Å²) < 4.78 is 0. The zero-order valence-electron chi connectivity index (χ0n) is 11.1. The van der Waals surface area contributed by atoms with Crippen molar-refractivity contribution in [2.45, 2.75) is 31.0 Å². The summed E-state index contributed by atoms with van der Waals surface area (Å²) in [5.74, 6) is 2.61. The first kappa shape index (κ1) is 12.9. The second-order valence-corrected chi connectivity index (χ2v) is 6.42. The molecular weight excluding hydrogens is 258 g/mol. The smallest absolute Gasteiger partial charge is 0.224 e. The summed E-state index contributed by atoms with van der Waals surface area (Å²) >= 11 is 1.99. The molecular formula is C14H19N3OS. The summed E-state index contributed by atoms with van der Waals surface area (Å²) in [4.78, 5) is 18.0. The lowest BCUT2D eigenvalue weighted by atomic mass is 10.0. The van der Waals surface area contributed by atoms with Crippen LogP contribution in [-0.4, -0.2) is 46.4 Å². The first-order chi connectivity index (χ1) is 9.25. The zero-order chi connectivity index (χ0) is 13.2. The maximum absolute atomic E-state index is 12.0. The number of carbonyl (C=O) groups excluding carboxylic acids is 1. The van der Waals surface area contributed by atoms with Gasteiger partial charge in [-0.3, -0.25) is 9.78 Å². The standard InChI is InChI=1S/C14H19N3OS/c1-17-13(18)7-12(16-11-4-6-19-9-11)14(17)10-3-2-5-15-8-10/h2-3,5,8,11-12,14,16H,4,6-7,9H2,1H3/t11?,12-,14+/m1/s1. The van der Waals surface area contributed by atoms with Gasteiger partial charge in [0.05, 0.1) is 6.04 Å². The summed E-state index contributed by atoms with van der Waals surface area (Å²) in [6.07, 6.45) is 5.45. The van der Waals surface area contributed by atoms with Crippen LogP contribution in [0.4, 0.5) is 0 Å². The van der Waals surface area contributed by atoms with E-state index >= 15 is 0 Å². The van der Waals surface area contributed by atoms with E-state index in [-0.39, 0.29) is 18.0 Å². The quantitative estimate of drug-likeness (QED) is 0.908. The maximum atomic E-state index is 12.0. The SMILES string of the molecule is CN1C(=O)C[C@@H](NC2CCSC2)[C@@H]1c1cccnc1. The first-order valence-corrected chi connectivity index (χ1v) is 7.90. The van der Waals surface area contributed by atoms with Crippen molar-refractivity contribution in [1.29, 1.82) is 0 Å². The third-order valence-corrected chi connectivity index (χ3v) is 5.15. The molecule has 2 aliphatic rings. The Morgan fingerprint density at radius 3 is 3.11 bits per heavy atom. The molecule has 0 saturated carbocycles. The molecule has 0 aliphatic carbocycles. The van der Waals surface area contributed by atoms with Crippen LogP contribution in [0, 0.1) is 0 Å². The molecule has 1 N–H and O–H groups in total. The lowest BCUT2D eigenvalue weighted by Gasteiger charge is -2.27. The van der Waals surface area contributed by atoms with Gasteiger partial charge in [0.25, 0.3) is 0 Å². The van der Waals surface area contributed by atoms with Gasteiger partial charge in [0.15, 0.2) is 0 Å². The van der Waals surface area contributed by atoms with Crippen LogP contribution in [0.1, 0.15) is 24.4 Å². The van der Waals surface area contributed by atoms with Crippen molar-refractivity contribution in [2.75, 3.05) is 18.6 Å². The van der Waals surface area contributed by atoms with Crippen LogP contribution >= 0.6 is 11.8 Å². The number of likely N-dealkylation sites (tertiary alicyclic amines) is 1. The lowest BCUT2D eigenvalue weighted by Crippen LogP contribution is -2.41. The first-order valence-electron chi connectivity index (χ1n) is 6.75. The Labute approximate surface area is 118 Å². The normalized spacial score (nSPS) is 31.1. The van der Waals surface area contributed by atoms with E-state index in [4.69, 9.17) is 0 Å². The van der Waals surface area contributed by atoms with Crippen LogP contribution < -0.4 is 5.32 Å². The lowest BCUT2D eigenvalue weighted by molar-refractivity contribution is -0.127. The number of hydrogen-bond donors (Lipinski definition) is 1. The Balaban J connectivity index is 1.79. The molecule has 0 aromatic carbocycles. The van der Waals surface area contributed by atoms with Crippen molar-refractivity contribution >= 4 is 17.7 Å². The summed E-state index contributed by atoms with van der Waals surface area (Å²) in [6.45, 7) is 0. The molecule has 0 bridgehead atoms. The predicted molar refractivity (Wildman–Crippen MR) is 77.0 cm³/mol. The third kappa shape index (κ3) is 2.62. The van der Waals surface area contributed by atoms with Crippen molar-refractivity contribution in [2.24, 2.45) is 0 Å². The number of nitrogens with one attached hydrogen (secondary N) is 1. The number of amides is 1. The molecule has 4 nitrogen and oxygen atoms in total. The molecule has 1 aromatic heterocycles. The summed E-state index contributed by atoms with van der Waals surface area (Å²) in [7, 11) is 1.89. The van der Waals surface area contributed by atoms with Gasteiger partial charge >= 0.3 is 0 Å². The Morgan fingerprint density at radius 1 is 1.53 bits per heavy atom. The second-order valence-electron chi connectivity index (χ2n) is 5.27. The molecule has 0 spiro atoms. The van der Waals surface area contributed by atoms with Gasteiger partial charge in [-0.15, -0.1) is 0 Å². The topological polar surface area (TPSA) is 45.2 Å². The third-order valence-electron chi connectivity index (χ3n) is 3.99. The average Bonchev–Trinajstić information content (AvgIpc) is 3.01. The second kappa shape index (κ2) is 5.51. The van der Waals surface area contributed by atoms with Gasteiger partial charge in [-0.2, -0.15) is 11.8 Å². The number of likely N-dealkylation sites (N-methyl/N-ethyl adjacent to an activating group) is 1. The monoisotopic (exact) mass is 277 g/mol. The molecule has 3 heterocycles. The fraction of sp³-hybridized carbons (Fsp3) is 0.571. The number of pyridine rings is 1. The minimum Gasteiger partial charge on any atom is -0.337 e. The van der Waals surface area contributed by atoms with Crippen molar-refractivity contribution in [3.63, 3.8) is 0 Å². The molecule has 1 unspecified atom stereocenters. The molecule has 2 aliphatic heterocycles. The van der Waals surface area contributed by atoms with Gasteiger partial charge < -0.3 is 10.2 Å². The number of aromatic nitrogens is 1. The molecule has 1 amide bonds. The number of hydrogen-bond acceptors (Lipinski definition) is 4. The van der Waals surface area contributed by atoms with Crippen LogP contribution in [0.5, 0.6) is 0 Å². The van der Waals surface area contributed by atoms with E-state index < -0.39 is 0 Å². The van der Waals surface area contributed by atoms with Crippen molar-refractivity contribution in [3.05, 3.63) is 30.1 Å². The van der Waals surface area contributed by atoms with Gasteiger partial charge in [0.2, 0.25) is 5.91 Å². The van der Waals surface area contributed by atoms with Crippen molar-refractivity contribution in [3.8, 4) is 0 Å². The highest BCUT2D eigenvalue weighted by Gasteiger charge is 2.39. The van der Waals surface area contributed by atoms with E-state index in [1.807, 2.05) is 36.0 Å². The molecule has 1 aromatic rings. The minimum absolute atomic E-state index is 0.117. The summed E-state index contributed by atoms with van der Waals surface area (Å²) in [5.41, 5.74) is 1.12. The fourth-order valence-corrected chi connectivity index (χ4v) is 4.16. The molecule has 102 valence electrons. The largest absolute Gasteiger partial charge is 0.337 e. The Hall–Kier alpha value is -1.07. The van der Waals surface area contributed by atoms with E-state index in [0.717, 1.165) is 11.3 Å². The van der Waals surface area contributed by atoms with Crippen LogP contribution in [0.3, 0.4) is 0 Å². The van der Waals surface area contributed by atoms with E-state index in [1.165, 1.54) is 12.2 Å². The average molecular weight is 277 g/mol. The highest BCUT2D eigenvalue weighted by Crippen LogP contribution is 2.32. The van der Waals surface area contributed by atoms with E-state index in [2.05, 4.69) is 16.4 Å². The Morgan fingerprint density at radius 2 is 2.42 bits per heavy atom. The van der Waals surface area contributed by atoms with Gasteiger partial charge in [0, 0.05) is 43.7 Å². The summed E-state index contributed by atoms with van der Waals surface area (Å²) in [6, 6.07) is 4.88.